The standard InChI is InChI=1S/C17H16F3N3O2/c18-17(19,20)14-10-13(21-16(22-14)23-7-2-8-23)12-4-1-3-11(9-12)5-6-15(24)25/h1,3-4,9-10H,2,5-8H2,(H,24,25). The SMILES string of the molecule is O=C(O)CCc1cccc(-c2cc(C(F)(F)F)nc(N3CCC3)n2)c1. The van der Waals surface area contributed by atoms with E-state index in [-0.39, 0.29) is 18.1 Å². The Kier molecular flexibility index (Phi) is 4.61. The van der Waals surface area contributed by atoms with Gasteiger partial charge in [-0.15, -0.1) is 0 Å². The predicted molar refractivity (Wildman–Crippen MR) is 85.3 cm³/mol. The Hall–Kier alpha value is -2.64. The summed E-state index contributed by atoms with van der Waals surface area (Å²) < 4.78 is 39.5. The first-order chi connectivity index (χ1) is 11.8. The molecular formula is C17H16F3N3O2. The summed E-state index contributed by atoms with van der Waals surface area (Å²) in [6.45, 7) is 1.28. The molecule has 1 aromatic heterocycles. The summed E-state index contributed by atoms with van der Waals surface area (Å²) in [6, 6.07) is 7.69. The summed E-state index contributed by atoms with van der Waals surface area (Å²) in [7, 11) is 0. The van der Waals surface area contributed by atoms with Crippen LogP contribution in [-0.4, -0.2) is 34.1 Å². The second-order valence-electron chi connectivity index (χ2n) is 5.87. The molecule has 2 aromatic rings. The number of alkyl halides is 3. The maximum Gasteiger partial charge on any atom is 0.433 e. The first-order valence-electron chi connectivity index (χ1n) is 7.85. The van der Waals surface area contributed by atoms with Gasteiger partial charge in [0.25, 0.3) is 0 Å². The molecular weight excluding hydrogens is 335 g/mol. The lowest BCUT2D eigenvalue weighted by molar-refractivity contribution is -0.141. The van der Waals surface area contributed by atoms with Crippen LogP contribution in [0.3, 0.4) is 0 Å². The van der Waals surface area contributed by atoms with Gasteiger partial charge in [0.1, 0.15) is 0 Å². The summed E-state index contributed by atoms with van der Waals surface area (Å²) >= 11 is 0. The molecule has 1 aliphatic rings. The molecule has 1 N–H and O–H groups in total. The highest BCUT2D eigenvalue weighted by molar-refractivity contribution is 5.67. The third-order valence-corrected chi connectivity index (χ3v) is 3.99. The van der Waals surface area contributed by atoms with Crippen molar-refractivity contribution in [3.05, 3.63) is 41.6 Å². The summed E-state index contributed by atoms with van der Waals surface area (Å²) in [5.41, 5.74) is 0.451. The fourth-order valence-corrected chi connectivity index (χ4v) is 2.52. The molecule has 0 atom stereocenters. The van der Waals surface area contributed by atoms with E-state index in [0.29, 0.717) is 25.1 Å². The lowest BCUT2D eigenvalue weighted by atomic mass is 10.0. The van der Waals surface area contributed by atoms with Crippen LogP contribution in [0, 0.1) is 0 Å². The van der Waals surface area contributed by atoms with Crippen molar-refractivity contribution in [1.29, 1.82) is 0 Å². The number of aryl methyl sites for hydroxylation is 1. The van der Waals surface area contributed by atoms with Gasteiger partial charge >= 0.3 is 12.1 Å². The normalized spacial score (nSPS) is 14.3. The molecule has 0 amide bonds. The van der Waals surface area contributed by atoms with Crippen LogP contribution in [0.2, 0.25) is 0 Å². The second kappa shape index (κ2) is 6.70. The summed E-state index contributed by atoms with van der Waals surface area (Å²) in [4.78, 5) is 20.3. The third kappa shape index (κ3) is 4.07. The van der Waals surface area contributed by atoms with Gasteiger partial charge in [-0.1, -0.05) is 18.2 Å². The van der Waals surface area contributed by atoms with Crippen LogP contribution in [0.25, 0.3) is 11.3 Å². The quantitative estimate of drug-likeness (QED) is 0.894. The third-order valence-electron chi connectivity index (χ3n) is 3.99. The number of carboxylic acids is 1. The van der Waals surface area contributed by atoms with E-state index in [0.717, 1.165) is 18.1 Å². The average molecular weight is 351 g/mol. The smallest absolute Gasteiger partial charge is 0.433 e. The maximum absolute atomic E-state index is 13.2. The van der Waals surface area contributed by atoms with Crippen molar-refractivity contribution in [2.24, 2.45) is 0 Å². The molecule has 2 heterocycles. The van der Waals surface area contributed by atoms with E-state index in [9.17, 15) is 18.0 Å². The number of carboxylic acid groups (broad SMARTS) is 1. The average Bonchev–Trinajstić information content (AvgIpc) is 2.50. The number of nitrogens with zero attached hydrogens (tertiary/aromatic N) is 3. The maximum atomic E-state index is 13.2. The minimum absolute atomic E-state index is 0.0416. The molecule has 132 valence electrons. The highest BCUT2D eigenvalue weighted by Crippen LogP contribution is 2.32. The van der Waals surface area contributed by atoms with Crippen LogP contribution >= 0.6 is 0 Å². The number of aromatic nitrogens is 2. The number of rotatable bonds is 5. The van der Waals surface area contributed by atoms with E-state index in [2.05, 4.69) is 9.97 Å². The van der Waals surface area contributed by atoms with Crippen molar-refractivity contribution < 1.29 is 23.1 Å². The molecule has 0 saturated carbocycles. The number of hydrogen-bond donors (Lipinski definition) is 1. The van der Waals surface area contributed by atoms with Gasteiger partial charge in [-0.05, 0) is 30.5 Å². The number of halogens is 3. The van der Waals surface area contributed by atoms with Gasteiger partial charge in [0, 0.05) is 25.1 Å². The van der Waals surface area contributed by atoms with E-state index >= 15 is 0 Å². The highest BCUT2D eigenvalue weighted by atomic mass is 19.4. The molecule has 0 aliphatic carbocycles. The van der Waals surface area contributed by atoms with Gasteiger partial charge in [-0.25, -0.2) is 9.97 Å². The van der Waals surface area contributed by atoms with Crippen molar-refractivity contribution >= 4 is 11.9 Å². The molecule has 8 heteroatoms. The molecule has 25 heavy (non-hydrogen) atoms. The van der Waals surface area contributed by atoms with E-state index in [4.69, 9.17) is 5.11 Å². The van der Waals surface area contributed by atoms with Crippen LogP contribution in [-0.2, 0) is 17.4 Å². The number of anilines is 1. The van der Waals surface area contributed by atoms with E-state index in [1.807, 2.05) is 0 Å². The number of benzene rings is 1. The lowest BCUT2D eigenvalue weighted by Crippen LogP contribution is -2.38. The molecule has 0 radical (unpaired) electrons. The Bertz CT molecular complexity index is 789. The molecule has 1 saturated heterocycles. The molecule has 0 spiro atoms. The Morgan fingerprint density at radius 3 is 2.56 bits per heavy atom. The molecule has 1 aromatic carbocycles. The zero-order chi connectivity index (χ0) is 18.0. The molecule has 3 rings (SSSR count). The molecule has 0 bridgehead atoms. The van der Waals surface area contributed by atoms with Gasteiger partial charge in [0.05, 0.1) is 5.69 Å². The molecule has 1 fully saturated rings. The lowest BCUT2D eigenvalue weighted by Gasteiger charge is -2.31. The number of carbonyl (C=O) groups is 1. The van der Waals surface area contributed by atoms with Crippen molar-refractivity contribution in [2.45, 2.75) is 25.4 Å². The highest BCUT2D eigenvalue weighted by Gasteiger charge is 2.34. The minimum atomic E-state index is -4.56. The van der Waals surface area contributed by atoms with Crippen LogP contribution in [0.5, 0.6) is 0 Å². The van der Waals surface area contributed by atoms with Crippen molar-refractivity contribution in [3.63, 3.8) is 0 Å². The minimum Gasteiger partial charge on any atom is -0.481 e. The number of hydrogen-bond acceptors (Lipinski definition) is 4. The predicted octanol–water partition coefficient (Wildman–Crippen LogP) is 3.39. The van der Waals surface area contributed by atoms with E-state index in [1.54, 1.807) is 29.2 Å². The second-order valence-corrected chi connectivity index (χ2v) is 5.87. The molecule has 1 aliphatic heterocycles. The zero-order valence-corrected chi connectivity index (χ0v) is 13.3. The number of aliphatic carboxylic acids is 1. The Morgan fingerprint density at radius 1 is 1.20 bits per heavy atom. The molecule has 0 unspecified atom stereocenters. The fourth-order valence-electron chi connectivity index (χ4n) is 2.52. The van der Waals surface area contributed by atoms with Gasteiger partial charge < -0.3 is 10.0 Å². The van der Waals surface area contributed by atoms with Crippen LogP contribution in [0.15, 0.2) is 30.3 Å². The Labute approximate surface area is 142 Å². The van der Waals surface area contributed by atoms with Gasteiger partial charge in [-0.2, -0.15) is 13.2 Å². The Morgan fingerprint density at radius 2 is 1.96 bits per heavy atom. The Balaban J connectivity index is 1.98. The zero-order valence-electron chi connectivity index (χ0n) is 13.3. The van der Waals surface area contributed by atoms with Crippen molar-refractivity contribution in [1.82, 2.24) is 9.97 Å². The van der Waals surface area contributed by atoms with Crippen LogP contribution < -0.4 is 4.90 Å². The summed E-state index contributed by atoms with van der Waals surface area (Å²) in [5.74, 6) is -0.848. The summed E-state index contributed by atoms with van der Waals surface area (Å²) in [5, 5.41) is 8.77. The monoisotopic (exact) mass is 351 g/mol. The van der Waals surface area contributed by atoms with Crippen molar-refractivity contribution in [2.75, 3.05) is 18.0 Å². The van der Waals surface area contributed by atoms with Crippen LogP contribution in [0.1, 0.15) is 24.1 Å². The van der Waals surface area contributed by atoms with Crippen molar-refractivity contribution in [3.8, 4) is 11.3 Å². The van der Waals surface area contributed by atoms with E-state index in [1.165, 1.54) is 0 Å². The van der Waals surface area contributed by atoms with Crippen LogP contribution in [0.4, 0.5) is 19.1 Å². The van der Waals surface area contributed by atoms with Gasteiger partial charge in [0.2, 0.25) is 5.95 Å². The first kappa shape index (κ1) is 17.2. The fraction of sp³-hybridized carbons (Fsp3) is 0.353. The largest absolute Gasteiger partial charge is 0.481 e. The topological polar surface area (TPSA) is 66.3 Å². The molecule has 5 nitrogen and oxygen atoms in total. The first-order valence-corrected chi connectivity index (χ1v) is 7.85. The van der Waals surface area contributed by atoms with E-state index < -0.39 is 17.8 Å². The van der Waals surface area contributed by atoms with Gasteiger partial charge in [0.15, 0.2) is 5.69 Å². The summed E-state index contributed by atoms with van der Waals surface area (Å²) in [6.07, 6.45) is -3.39. The van der Waals surface area contributed by atoms with Gasteiger partial charge in [-0.3, -0.25) is 4.79 Å².